The molecule has 1 atom stereocenters. The van der Waals surface area contributed by atoms with E-state index in [2.05, 4.69) is 0 Å². The molecule has 0 saturated heterocycles. The van der Waals surface area contributed by atoms with Gasteiger partial charge < -0.3 is 9.64 Å². The molecule has 0 bridgehead atoms. The van der Waals surface area contributed by atoms with E-state index in [4.69, 9.17) is 16.3 Å². The molecular weight excluding hydrogens is 329 g/mol. The van der Waals surface area contributed by atoms with Crippen LogP contribution in [0.5, 0.6) is 5.75 Å². The Morgan fingerprint density at radius 1 is 1.25 bits per heavy atom. The fourth-order valence-corrected chi connectivity index (χ4v) is 2.74. The molecule has 2 aromatic carbocycles. The molecule has 0 aliphatic carbocycles. The Balaban J connectivity index is 2.02. The van der Waals surface area contributed by atoms with E-state index < -0.39 is 0 Å². The van der Waals surface area contributed by atoms with Crippen LogP contribution in [0.1, 0.15) is 30.4 Å². The van der Waals surface area contributed by atoms with Gasteiger partial charge in [0.1, 0.15) is 11.6 Å². The molecule has 5 heteroatoms. The maximum absolute atomic E-state index is 13.0. The van der Waals surface area contributed by atoms with Crippen LogP contribution in [0.25, 0.3) is 0 Å². The van der Waals surface area contributed by atoms with Gasteiger partial charge in [-0.2, -0.15) is 0 Å². The molecule has 128 valence electrons. The molecule has 2 rings (SSSR count). The lowest BCUT2D eigenvalue weighted by Gasteiger charge is -2.21. The predicted molar refractivity (Wildman–Crippen MR) is 93.9 cm³/mol. The molecule has 0 heterocycles. The summed E-state index contributed by atoms with van der Waals surface area (Å²) in [6, 6.07) is 11.6. The number of carbonyl (C=O) groups is 1. The second-order valence-corrected chi connectivity index (χ2v) is 6.30. The van der Waals surface area contributed by atoms with Crippen LogP contribution in [-0.2, 0) is 11.3 Å². The van der Waals surface area contributed by atoms with Crippen molar-refractivity contribution < 1.29 is 13.9 Å². The third-order valence-electron chi connectivity index (χ3n) is 4.00. The van der Waals surface area contributed by atoms with Crippen LogP contribution >= 0.6 is 11.6 Å². The van der Waals surface area contributed by atoms with E-state index in [1.807, 2.05) is 6.92 Å². The highest BCUT2D eigenvalue weighted by Crippen LogP contribution is 2.25. The van der Waals surface area contributed by atoms with Crippen molar-refractivity contribution in [1.29, 1.82) is 0 Å². The Morgan fingerprint density at radius 2 is 1.92 bits per heavy atom. The van der Waals surface area contributed by atoms with Gasteiger partial charge in [0.25, 0.3) is 0 Å². The minimum atomic E-state index is -0.276. The van der Waals surface area contributed by atoms with Crippen molar-refractivity contribution in [1.82, 2.24) is 4.90 Å². The molecule has 2 aromatic rings. The molecule has 1 amide bonds. The lowest BCUT2D eigenvalue weighted by Crippen LogP contribution is -2.27. The van der Waals surface area contributed by atoms with Crippen molar-refractivity contribution in [3.8, 4) is 5.75 Å². The van der Waals surface area contributed by atoms with Crippen molar-refractivity contribution in [3.05, 3.63) is 64.4 Å². The Labute approximate surface area is 147 Å². The first-order valence-electron chi connectivity index (χ1n) is 7.72. The number of halogens is 2. The molecule has 0 N–H and O–H groups in total. The first kappa shape index (κ1) is 18.3. The van der Waals surface area contributed by atoms with Crippen LogP contribution in [0.2, 0.25) is 5.02 Å². The van der Waals surface area contributed by atoms with Gasteiger partial charge in [0, 0.05) is 30.6 Å². The summed E-state index contributed by atoms with van der Waals surface area (Å²) in [5, 5.41) is 0.603. The molecule has 0 radical (unpaired) electrons. The summed E-state index contributed by atoms with van der Waals surface area (Å²) >= 11 is 6.02. The fraction of sp³-hybridized carbons (Fsp3) is 0.316. The van der Waals surface area contributed by atoms with E-state index in [1.54, 1.807) is 49.4 Å². The van der Waals surface area contributed by atoms with Gasteiger partial charge in [-0.3, -0.25) is 4.79 Å². The highest BCUT2D eigenvalue weighted by Gasteiger charge is 2.17. The molecule has 0 saturated carbocycles. The van der Waals surface area contributed by atoms with E-state index in [0.717, 1.165) is 11.1 Å². The van der Waals surface area contributed by atoms with Gasteiger partial charge >= 0.3 is 0 Å². The summed E-state index contributed by atoms with van der Waals surface area (Å²) in [5.41, 5.74) is 1.80. The van der Waals surface area contributed by atoms with Crippen molar-refractivity contribution in [2.75, 3.05) is 14.2 Å². The van der Waals surface area contributed by atoms with Gasteiger partial charge in [-0.1, -0.05) is 30.7 Å². The largest absolute Gasteiger partial charge is 0.496 e. The van der Waals surface area contributed by atoms with Crippen LogP contribution in [0.3, 0.4) is 0 Å². The summed E-state index contributed by atoms with van der Waals surface area (Å²) in [4.78, 5) is 14.1. The first-order valence-corrected chi connectivity index (χ1v) is 8.10. The van der Waals surface area contributed by atoms with Gasteiger partial charge in [0.05, 0.1) is 7.11 Å². The number of methoxy groups -OCH3 is 1. The van der Waals surface area contributed by atoms with E-state index >= 15 is 0 Å². The predicted octanol–water partition coefficient (Wildman–Crippen LogP) is 4.64. The van der Waals surface area contributed by atoms with Gasteiger partial charge in [-0.25, -0.2) is 4.39 Å². The summed E-state index contributed by atoms with van der Waals surface area (Å²) in [7, 11) is 3.34. The van der Waals surface area contributed by atoms with Crippen LogP contribution in [0.15, 0.2) is 42.5 Å². The van der Waals surface area contributed by atoms with Gasteiger partial charge in [0.15, 0.2) is 0 Å². The topological polar surface area (TPSA) is 29.5 Å². The molecule has 0 aromatic heterocycles. The van der Waals surface area contributed by atoms with E-state index in [1.165, 1.54) is 12.1 Å². The van der Waals surface area contributed by atoms with Crippen LogP contribution in [-0.4, -0.2) is 25.0 Å². The normalized spacial score (nSPS) is 11.9. The molecule has 0 aliphatic rings. The summed E-state index contributed by atoms with van der Waals surface area (Å²) in [6.45, 7) is 2.37. The Kier molecular flexibility index (Phi) is 6.21. The summed E-state index contributed by atoms with van der Waals surface area (Å²) < 4.78 is 18.3. The maximum atomic E-state index is 13.0. The fourth-order valence-electron chi connectivity index (χ4n) is 2.54. The summed E-state index contributed by atoms with van der Waals surface area (Å²) in [5.74, 6) is 0.448. The van der Waals surface area contributed by atoms with Crippen LogP contribution in [0, 0.1) is 5.82 Å². The highest BCUT2D eigenvalue weighted by molar-refractivity contribution is 6.30. The Bertz CT molecular complexity index is 703. The molecule has 3 nitrogen and oxygen atoms in total. The molecule has 24 heavy (non-hydrogen) atoms. The second kappa shape index (κ2) is 8.15. The van der Waals surface area contributed by atoms with Crippen molar-refractivity contribution >= 4 is 17.5 Å². The number of benzene rings is 2. The second-order valence-electron chi connectivity index (χ2n) is 5.86. The number of ether oxygens (including phenoxy) is 1. The molecule has 1 unspecified atom stereocenters. The van der Waals surface area contributed by atoms with Crippen LogP contribution < -0.4 is 4.74 Å². The SMILES string of the molecule is COc1ccc(Cl)cc1CN(C)C(=O)CC(C)c1ccc(F)cc1. The van der Waals surface area contributed by atoms with Crippen molar-refractivity contribution in [2.24, 2.45) is 0 Å². The number of rotatable bonds is 6. The first-order chi connectivity index (χ1) is 11.4. The third kappa shape index (κ3) is 4.71. The maximum Gasteiger partial charge on any atom is 0.223 e. The van der Waals surface area contributed by atoms with Gasteiger partial charge in [-0.05, 0) is 41.8 Å². The van der Waals surface area contributed by atoms with E-state index in [-0.39, 0.29) is 17.6 Å². The van der Waals surface area contributed by atoms with E-state index in [9.17, 15) is 9.18 Å². The molecule has 0 fully saturated rings. The third-order valence-corrected chi connectivity index (χ3v) is 4.23. The zero-order chi connectivity index (χ0) is 17.7. The van der Waals surface area contributed by atoms with Crippen molar-refractivity contribution in [2.45, 2.75) is 25.8 Å². The smallest absolute Gasteiger partial charge is 0.223 e. The average molecular weight is 350 g/mol. The minimum Gasteiger partial charge on any atom is -0.496 e. The number of hydrogen-bond donors (Lipinski definition) is 0. The zero-order valence-electron chi connectivity index (χ0n) is 14.1. The average Bonchev–Trinajstić information content (AvgIpc) is 2.55. The standard InChI is InChI=1S/C19H21ClFNO2/c1-13(14-4-7-17(21)8-5-14)10-19(23)22(2)12-15-11-16(20)6-9-18(15)24-3/h4-9,11,13H,10,12H2,1-3H3. The van der Waals surface area contributed by atoms with Gasteiger partial charge in [-0.15, -0.1) is 0 Å². The quantitative estimate of drug-likeness (QED) is 0.760. The van der Waals surface area contributed by atoms with Crippen molar-refractivity contribution in [3.63, 3.8) is 0 Å². The molecular formula is C19H21ClFNO2. The zero-order valence-corrected chi connectivity index (χ0v) is 14.8. The van der Waals surface area contributed by atoms with Crippen LogP contribution in [0.4, 0.5) is 4.39 Å². The number of carbonyl (C=O) groups excluding carboxylic acids is 1. The number of amides is 1. The number of hydrogen-bond acceptors (Lipinski definition) is 2. The number of nitrogens with zero attached hydrogens (tertiary/aromatic N) is 1. The molecule has 0 aliphatic heterocycles. The Morgan fingerprint density at radius 3 is 2.54 bits per heavy atom. The monoisotopic (exact) mass is 349 g/mol. The lowest BCUT2D eigenvalue weighted by molar-refractivity contribution is -0.130. The highest BCUT2D eigenvalue weighted by atomic mass is 35.5. The summed E-state index contributed by atoms with van der Waals surface area (Å²) in [6.07, 6.45) is 0.352. The molecule has 0 spiro atoms. The Hall–Kier alpha value is -2.07. The minimum absolute atomic E-state index is 0.00820. The van der Waals surface area contributed by atoms with Gasteiger partial charge in [0.2, 0.25) is 5.91 Å². The lowest BCUT2D eigenvalue weighted by atomic mass is 9.97. The van der Waals surface area contributed by atoms with E-state index in [0.29, 0.717) is 23.7 Å².